The van der Waals surface area contributed by atoms with Crippen LogP contribution in [0.15, 0.2) is 29.4 Å². The second-order valence-electron chi connectivity index (χ2n) is 8.10. The first-order chi connectivity index (χ1) is 13.7. The van der Waals surface area contributed by atoms with Crippen molar-refractivity contribution in [1.82, 2.24) is 20.1 Å². The third-order valence-electron chi connectivity index (χ3n) is 6.01. The first-order valence-corrected chi connectivity index (χ1v) is 11.1. The Kier molecular flexibility index (Phi) is 6.43. The molecule has 0 amide bonds. The maximum atomic E-state index is 6.17. The van der Waals surface area contributed by atoms with Gasteiger partial charge in [0.15, 0.2) is 5.96 Å². The molecule has 2 aromatic rings. The van der Waals surface area contributed by atoms with Crippen molar-refractivity contribution in [2.75, 3.05) is 45.8 Å². The van der Waals surface area contributed by atoms with Crippen LogP contribution in [0.25, 0.3) is 10.9 Å². The number of likely N-dealkylation sites (tertiary alicyclic amines) is 2. The second-order valence-corrected chi connectivity index (χ2v) is 8.53. The molecule has 1 aromatic carbocycles. The number of rotatable bonds is 6. The first kappa shape index (κ1) is 19.6. The first-order valence-electron chi connectivity index (χ1n) is 10.7. The van der Waals surface area contributed by atoms with E-state index in [9.17, 15) is 0 Å². The fourth-order valence-electron chi connectivity index (χ4n) is 4.57. The number of guanidine groups is 1. The molecule has 0 spiro atoms. The molecule has 6 heteroatoms. The lowest BCUT2D eigenvalue weighted by Gasteiger charge is -2.23. The van der Waals surface area contributed by atoms with E-state index in [2.05, 4.69) is 33.2 Å². The van der Waals surface area contributed by atoms with Gasteiger partial charge in [-0.2, -0.15) is 0 Å². The molecule has 2 N–H and O–H groups in total. The summed E-state index contributed by atoms with van der Waals surface area (Å²) in [5.41, 5.74) is 2.42. The Morgan fingerprint density at radius 3 is 2.96 bits per heavy atom. The van der Waals surface area contributed by atoms with E-state index >= 15 is 0 Å². The molecule has 2 aliphatic rings. The number of H-pyrrole nitrogens is 1. The van der Waals surface area contributed by atoms with E-state index in [1.165, 1.54) is 49.8 Å². The lowest BCUT2D eigenvalue weighted by molar-refractivity contribution is 0.281. The van der Waals surface area contributed by atoms with Crippen LogP contribution in [0.5, 0.6) is 0 Å². The minimum Gasteiger partial charge on any atom is -0.361 e. The van der Waals surface area contributed by atoms with Gasteiger partial charge in [-0.3, -0.25) is 4.99 Å². The number of nitrogens with one attached hydrogen (secondary N) is 2. The molecular formula is C22H32ClN5. The average Bonchev–Trinajstić information content (AvgIpc) is 3.43. The molecule has 1 atom stereocenters. The Hall–Kier alpha value is -1.72. The van der Waals surface area contributed by atoms with Crippen LogP contribution in [0.4, 0.5) is 0 Å². The van der Waals surface area contributed by atoms with E-state index in [4.69, 9.17) is 16.6 Å². The standard InChI is InChI=1S/C22H32ClN5/c1-2-24-22(28-12-8-17(16-28)15-27-10-3-4-11-27)25-9-7-18-14-26-21-6-5-19(23)13-20(18)21/h5-6,13-14,17,26H,2-4,7-12,15-16H2,1H3,(H,24,25). The Balaban J connectivity index is 1.35. The van der Waals surface area contributed by atoms with E-state index in [1.807, 2.05) is 18.2 Å². The summed E-state index contributed by atoms with van der Waals surface area (Å²) in [7, 11) is 0. The molecule has 2 saturated heterocycles. The molecule has 2 fully saturated rings. The van der Waals surface area contributed by atoms with Gasteiger partial charge in [0.05, 0.1) is 0 Å². The van der Waals surface area contributed by atoms with E-state index in [-0.39, 0.29) is 0 Å². The van der Waals surface area contributed by atoms with Crippen LogP contribution in [-0.4, -0.2) is 66.6 Å². The highest BCUT2D eigenvalue weighted by atomic mass is 35.5. The normalized spacial score (nSPS) is 21.1. The molecule has 28 heavy (non-hydrogen) atoms. The molecule has 3 heterocycles. The van der Waals surface area contributed by atoms with Gasteiger partial charge >= 0.3 is 0 Å². The number of aliphatic imine (C=N–C) groups is 1. The van der Waals surface area contributed by atoms with Crippen molar-refractivity contribution in [1.29, 1.82) is 0 Å². The zero-order valence-electron chi connectivity index (χ0n) is 16.9. The van der Waals surface area contributed by atoms with Gasteiger partial charge in [-0.05, 0) is 75.4 Å². The zero-order valence-corrected chi connectivity index (χ0v) is 17.6. The fourth-order valence-corrected chi connectivity index (χ4v) is 4.74. The number of aromatic nitrogens is 1. The monoisotopic (exact) mass is 401 g/mol. The third-order valence-corrected chi connectivity index (χ3v) is 6.24. The number of hydrogen-bond acceptors (Lipinski definition) is 2. The Morgan fingerprint density at radius 2 is 2.14 bits per heavy atom. The van der Waals surface area contributed by atoms with Crippen molar-refractivity contribution in [3.8, 4) is 0 Å². The molecule has 2 aliphatic heterocycles. The highest BCUT2D eigenvalue weighted by Crippen LogP contribution is 2.23. The van der Waals surface area contributed by atoms with Crippen LogP contribution in [-0.2, 0) is 6.42 Å². The highest BCUT2D eigenvalue weighted by molar-refractivity contribution is 6.31. The van der Waals surface area contributed by atoms with Crippen molar-refractivity contribution >= 4 is 28.5 Å². The molecule has 4 rings (SSSR count). The number of benzene rings is 1. The minimum absolute atomic E-state index is 0.776. The SMILES string of the molecule is CCNC(=NCCc1c[nH]c2ccc(Cl)cc12)N1CCC(CN2CCCC2)C1. The summed E-state index contributed by atoms with van der Waals surface area (Å²) in [4.78, 5) is 13.4. The van der Waals surface area contributed by atoms with Crippen LogP contribution in [0.3, 0.4) is 0 Å². The van der Waals surface area contributed by atoms with Gasteiger partial charge < -0.3 is 20.1 Å². The topological polar surface area (TPSA) is 46.7 Å². The van der Waals surface area contributed by atoms with Gasteiger partial charge in [0, 0.05) is 54.8 Å². The van der Waals surface area contributed by atoms with Crippen molar-refractivity contribution in [2.45, 2.75) is 32.6 Å². The smallest absolute Gasteiger partial charge is 0.193 e. The summed E-state index contributed by atoms with van der Waals surface area (Å²) in [5, 5.41) is 5.49. The summed E-state index contributed by atoms with van der Waals surface area (Å²) in [6.45, 7) is 9.93. The minimum atomic E-state index is 0.776. The third kappa shape index (κ3) is 4.64. The van der Waals surface area contributed by atoms with Gasteiger partial charge in [0.1, 0.15) is 0 Å². The summed E-state index contributed by atoms with van der Waals surface area (Å²) in [6, 6.07) is 6.01. The molecule has 152 valence electrons. The maximum absolute atomic E-state index is 6.17. The number of fused-ring (bicyclic) bond motifs is 1. The van der Waals surface area contributed by atoms with Gasteiger partial charge in [-0.1, -0.05) is 11.6 Å². The lowest BCUT2D eigenvalue weighted by atomic mass is 10.1. The Morgan fingerprint density at radius 1 is 1.29 bits per heavy atom. The molecule has 0 aliphatic carbocycles. The Labute approximate surface area is 173 Å². The number of nitrogens with zero attached hydrogens (tertiary/aromatic N) is 3. The van der Waals surface area contributed by atoms with E-state index in [0.717, 1.165) is 55.0 Å². The van der Waals surface area contributed by atoms with Gasteiger partial charge in [0.2, 0.25) is 0 Å². The van der Waals surface area contributed by atoms with Gasteiger partial charge in [-0.25, -0.2) is 0 Å². The van der Waals surface area contributed by atoms with Crippen molar-refractivity contribution in [3.05, 3.63) is 35.0 Å². The molecule has 0 bridgehead atoms. The quantitative estimate of drug-likeness (QED) is 0.572. The number of halogens is 1. The maximum Gasteiger partial charge on any atom is 0.193 e. The summed E-state index contributed by atoms with van der Waals surface area (Å²) >= 11 is 6.17. The van der Waals surface area contributed by atoms with E-state index in [1.54, 1.807) is 0 Å². The molecular weight excluding hydrogens is 370 g/mol. The number of hydrogen-bond donors (Lipinski definition) is 2. The summed E-state index contributed by atoms with van der Waals surface area (Å²) in [6.07, 6.45) is 7.03. The van der Waals surface area contributed by atoms with Crippen LogP contribution in [0, 0.1) is 5.92 Å². The van der Waals surface area contributed by atoms with Gasteiger partial charge in [0.25, 0.3) is 0 Å². The molecule has 5 nitrogen and oxygen atoms in total. The van der Waals surface area contributed by atoms with Crippen LogP contribution < -0.4 is 5.32 Å². The zero-order chi connectivity index (χ0) is 19.3. The molecule has 0 radical (unpaired) electrons. The predicted octanol–water partition coefficient (Wildman–Crippen LogP) is 3.75. The summed E-state index contributed by atoms with van der Waals surface area (Å²) < 4.78 is 0. The predicted molar refractivity (Wildman–Crippen MR) is 118 cm³/mol. The lowest BCUT2D eigenvalue weighted by Crippen LogP contribution is -2.41. The van der Waals surface area contributed by atoms with Crippen molar-refractivity contribution in [3.63, 3.8) is 0 Å². The molecule has 1 unspecified atom stereocenters. The Bertz CT molecular complexity index is 808. The number of aromatic amines is 1. The van der Waals surface area contributed by atoms with Crippen LogP contribution in [0.1, 0.15) is 31.7 Å². The summed E-state index contributed by atoms with van der Waals surface area (Å²) in [5.74, 6) is 1.85. The van der Waals surface area contributed by atoms with Crippen LogP contribution in [0.2, 0.25) is 5.02 Å². The van der Waals surface area contributed by atoms with Crippen molar-refractivity contribution < 1.29 is 0 Å². The van der Waals surface area contributed by atoms with E-state index in [0.29, 0.717) is 0 Å². The molecule has 0 saturated carbocycles. The highest BCUT2D eigenvalue weighted by Gasteiger charge is 2.27. The molecule has 1 aromatic heterocycles. The second kappa shape index (κ2) is 9.19. The van der Waals surface area contributed by atoms with Crippen LogP contribution >= 0.6 is 11.6 Å². The van der Waals surface area contributed by atoms with E-state index < -0.39 is 0 Å². The van der Waals surface area contributed by atoms with Gasteiger partial charge in [-0.15, -0.1) is 0 Å². The largest absolute Gasteiger partial charge is 0.361 e. The van der Waals surface area contributed by atoms with Crippen molar-refractivity contribution in [2.24, 2.45) is 10.9 Å². The average molecular weight is 402 g/mol. The fraction of sp³-hybridized carbons (Fsp3) is 0.591.